The normalized spacial score (nSPS) is 11.5. The van der Waals surface area contributed by atoms with Crippen molar-refractivity contribution >= 4 is 65.9 Å². The fourth-order valence-corrected chi connectivity index (χ4v) is 5.20. The third-order valence-corrected chi connectivity index (χ3v) is 6.92. The number of thiophene rings is 1. The van der Waals surface area contributed by atoms with Gasteiger partial charge in [-0.2, -0.15) is 0 Å². The number of fused-ring (bicyclic) bond motifs is 3. The molecule has 1 amide bonds. The molecule has 9 heteroatoms. The molecule has 7 nitrogen and oxygen atoms in total. The minimum absolute atomic E-state index is 0.235. The van der Waals surface area contributed by atoms with E-state index in [-0.39, 0.29) is 11.5 Å². The van der Waals surface area contributed by atoms with Crippen molar-refractivity contribution in [1.82, 2.24) is 19.9 Å². The van der Waals surface area contributed by atoms with Crippen molar-refractivity contribution in [2.45, 2.75) is 6.92 Å². The summed E-state index contributed by atoms with van der Waals surface area (Å²) in [6.45, 7) is 2.01. The molecule has 6 aromatic rings. The molecule has 0 bridgehead atoms. The molecule has 0 saturated carbocycles. The SMILES string of the molecule is Cc1ccc2sc(NC(=O)c3ccc4[nH]c(-c5nc6cscc6[nH]c5=O)cc4c3)nc2c1. The Morgan fingerprint density at radius 2 is 1.88 bits per heavy atom. The van der Waals surface area contributed by atoms with E-state index in [1.807, 2.05) is 48.0 Å². The third-order valence-electron chi connectivity index (χ3n) is 5.24. The fourth-order valence-electron chi connectivity index (χ4n) is 3.67. The van der Waals surface area contributed by atoms with E-state index < -0.39 is 0 Å². The van der Waals surface area contributed by atoms with Gasteiger partial charge in [-0.25, -0.2) is 9.97 Å². The van der Waals surface area contributed by atoms with Crippen LogP contribution < -0.4 is 10.9 Å². The molecule has 0 atom stereocenters. The second-order valence-electron chi connectivity index (χ2n) is 7.51. The standard InChI is InChI=1S/C23H15N5O2S2/c1-11-2-5-19-15(6-11)27-23(32-19)28-21(29)12-3-4-14-13(7-12)8-16(24-14)20-22(30)26-18-10-31-9-17(18)25-20/h2-10,24H,1H3,(H,26,30)(H,27,28,29). The Bertz CT molecular complexity index is 1720. The topological polar surface area (TPSA) is 104 Å². The van der Waals surface area contributed by atoms with Gasteiger partial charge < -0.3 is 9.97 Å². The molecule has 0 unspecified atom stereocenters. The molecule has 32 heavy (non-hydrogen) atoms. The summed E-state index contributed by atoms with van der Waals surface area (Å²) in [6, 6.07) is 13.2. The number of thiazole rings is 1. The molecule has 4 aromatic heterocycles. The number of nitrogens with one attached hydrogen (secondary N) is 3. The number of amides is 1. The van der Waals surface area contributed by atoms with E-state index in [2.05, 4.69) is 25.3 Å². The smallest absolute Gasteiger partial charge is 0.276 e. The number of carbonyl (C=O) groups is 1. The zero-order valence-electron chi connectivity index (χ0n) is 16.7. The molecule has 0 saturated heterocycles. The van der Waals surface area contributed by atoms with Gasteiger partial charge in [-0.15, -0.1) is 11.3 Å². The molecule has 4 heterocycles. The molecule has 6 rings (SSSR count). The van der Waals surface area contributed by atoms with Crippen LogP contribution in [0.15, 0.2) is 58.0 Å². The summed E-state index contributed by atoms with van der Waals surface area (Å²) < 4.78 is 1.02. The minimum Gasteiger partial charge on any atom is -0.353 e. The zero-order valence-corrected chi connectivity index (χ0v) is 18.4. The van der Waals surface area contributed by atoms with Gasteiger partial charge in [0.2, 0.25) is 0 Å². The summed E-state index contributed by atoms with van der Waals surface area (Å²) in [4.78, 5) is 40.4. The van der Waals surface area contributed by atoms with Gasteiger partial charge in [-0.05, 0) is 48.9 Å². The Balaban J connectivity index is 1.33. The molecule has 0 spiro atoms. The van der Waals surface area contributed by atoms with E-state index in [1.54, 1.807) is 12.1 Å². The Labute approximate surface area is 188 Å². The maximum atomic E-state index is 12.8. The van der Waals surface area contributed by atoms with E-state index in [0.29, 0.717) is 22.1 Å². The maximum Gasteiger partial charge on any atom is 0.276 e. The molecule has 156 valence electrons. The number of rotatable bonds is 3. The van der Waals surface area contributed by atoms with Crippen LogP contribution >= 0.6 is 22.7 Å². The lowest BCUT2D eigenvalue weighted by atomic mass is 10.1. The first-order valence-corrected chi connectivity index (χ1v) is 11.6. The first-order valence-electron chi connectivity index (χ1n) is 9.81. The summed E-state index contributed by atoms with van der Waals surface area (Å²) >= 11 is 2.93. The van der Waals surface area contributed by atoms with Gasteiger partial charge in [0.05, 0.1) is 26.9 Å². The van der Waals surface area contributed by atoms with Gasteiger partial charge in [-0.1, -0.05) is 17.4 Å². The van der Waals surface area contributed by atoms with E-state index in [4.69, 9.17) is 0 Å². The summed E-state index contributed by atoms with van der Waals surface area (Å²) in [6.07, 6.45) is 0. The van der Waals surface area contributed by atoms with E-state index in [1.165, 1.54) is 22.7 Å². The van der Waals surface area contributed by atoms with E-state index >= 15 is 0 Å². The van der Waals surface area contributed by atoms with Crippen LogP contribution in [0.2, 0.25) is 0 Å². The second kappa shape index (κ2) is 7.11. The lowest BCUT2D eigenvalue weighted by molar-refractivity contribution is 0.102. The third kappa shape index (κ3) is 3.19. The molecule has 2 aromatic carbocycles. The minimum atomic E-state index is -0.258. The summed E-state index contributed by atoms with van der Waals surface area (Å²) in [7, 11) is 0. The van der Waals surface area contributed by atoms with Crippen molar-refractivity contribution in [1.29, 1.82) is 0 Å². The van der Waals surface area contributed by atoms with Gasteiger partial charge in [0, 0.05) is 27.2 Å². The average Bonchev–Trinajstić information content (AvgIpc) is 3.49. The van der Waals surface area contributed by atoms with Crippen molar-refractivity contribution in [3.63, 3.8) is 0 Å². The van der Waals surface area contributed by atoms with Crippen molar-refractivity contribution in [2.75, 3.05) is 5.32 Å². The predicted molar refractivity (Wildman–Crippen MR) is 130 cm³/mol. The molecule has 3 N–H and O–H groups in total. The number of aromatic amines is 2. The van der Waals surface area contributed by atoms with Gasteiger partial charge in [-0.3, -0.25) is 14.9 Å². The first-order chi connectivity index (χ1) is 15.5. The molecule has 0 aliphatic carbocycles. The molecule has 0 fully saturated rings. The monoisotopic (exact) mass is 457 g/mol. The molecule has 0 radical (unpaired) electrons. The Kier molecular flexibility index (Phi) is 4.20. The highest BCUT2D eigenvalue weighted by molar-refractivity contribution is 7.22. The van der Waals surface area contributed by atoms with Gasteiger partial charge in [0.25, 0.3) is 11.5 Å². The largest absolute Gasteiger partial charge is 0.353 e. The van der Waals surface area contributed by atoms with Gasteiger partial charge >= 0.3 is 0 Å². The number of hydrogen-bond donors (Lipinski definition) is 3. The second-order valence-corrected chi connectivity index (χ2v) is 9.29. The lowest BCUT2D eigenvalue weighted by Gasteiger charge is -2.01. The quantitative estimate of drug-likeness (QED) is 0.335. The van der Waals surface area contributed by atoms with Crippen molar-refractivity contribution in [3.8, 4) is 11.4 Å². The van der Waals surface area contributed by atoms with Crippen LogP contribution in [0.4, 0.5) is 5.13 Å². The van der Waals surface area contributed by atoms with Gasteiger partial charge in [0.15, 0.2) is 10.8 Å². The first kappa shape index (κ1) is 18.9. The van der Waals surface area contributed by atoms with Crippen molar-refractivity contribution in [3.05, 3.63) is 74.7 Å². The Hall–Kier alpha value is -3.82. The van der Waals surface area contributed by atoms with Crippen LogP contribution in [0.3, 0.4) is 0 Å². The number of aryl methyl sites for hydroxylation is 1. The Morgan fingerprint density at radius 1 is 0.969 bits per heavy atom. The summed E-state index contributed by atoms with van der Waals surface area (Å²) in [5.74, 6) is -0.235. The number of anilines is 1. The van der Waals surface area contributed by atoms with Crippen LogP contribution in [-0.2, 0) is 0 Å². The average molecular weight is 458 g/mol. The maximum absolute atomic E-state index is 12.8. The molecular weight excluding hydrogens is 442 g/mol. The van der Waals surface area contributed by atoms with E-state index in [9.17, 15) is 9.59 Å². The lowest BCUT2D eigenvalue weighted by Crippen LogP contribution is -2.11. The molecular formula is C23H15N5O2S2. The van der Waals surface area contributed by atoms with Crippen LogP contribution in [0.25, 0.3) is 43.5 Å². The van der Waals surface area contributed by atoms with Crippen molar-refractivity contribution in [2.24, 2.45) is 0 Å². The Morgan fingerprint density at radius 3 is 2.78 bits per heavy atom. The number of aromatic nitrogens is 4. The van der Waals surface area contributed by atoms with Gasteiger partial charge in [0.1, 0.15) is 0 Å². The number of benzene rings is 2. The van der Waals surface area contributed by atoms with Crippen molar-refractivity contribution < 1.29 is 4.79 Å². The fraction of sp³-hybridized carbons (Fsp3) is 0.0435. The number of H-pyrrole nitrogens is 2. The molecule has 0 aliphatic heterocycles. The van der Waals surface area contributed by atoms with E-state index in [0.717, 1.165) is 37.7 Å². The summed E-state index contributed by atoms with van der Waals surface area (Å²) in [5, 5.41) is 8.02. The van der Waals surface area contributed by atoms with Crippen LogP contribution in [-0.4, -0.2) is 25.8 Å². The highest BCUT2D eigenvalue weighted by Crippen LogP contribution is 2.28. The highest BCUT2D eigenvalue weighted by atomic mass is 32.1. The van der Waals surface area contributed by atoms with Crippen LogP contribution in [0.1, 0.15) is 15.9 Å². The van der Waals surface area contributed by atoms with Crippen LogP contribution in [0.5, 0.6) is 0 Å². The predicted octanol–water partition coefficient (Wildman–Crippen LogP) is 5.30. The number of carbonyl (C=O) groups excluding carboxylic acids is 1. The van der Waals surface area contributed by atoms with Crippen LogP contribution in [0, 0.1) is 6.92 Å². The zero-order chi connectivity index (χ0) is 21.8. The molecule has 0 aliphatic rings. The number of nitrogens with zero attached hydrogens (tertiary/aromatic N) is 2. The number of hydrogen-bond acceptors (Lipinski definition) is 6. The summed E-state index contributed by atoms with van der Waals surface area (Å²) in [5.41, 5.74) is 5.46. The highest BCUT2D eigenvalue weighted by Gasteiger charge is 2.14.